The lowest BCUT2D eigenvalue weighted by Crippen LogP contribution is -2.52. The van der Waals surface area contributed by atoms with Gasteiger partial charge in [0.1, 0.15) is 0 Å². The molecule has 1 amide bonds. The van der Waals surface area contributed by atoms with Gasteiger partial charge < -0.3 is 10.2 Å². The Balaban J connectivity index is 1.89. The molecule has 2 aliphatic rings. The smallest absolute Gasteiger partial charge is 0.233 e. The van der Waals surface area contributed by atoms with Crippen molar-refractivity contribution in [1.82, 2.24) is 10.2 Å². The Morgan fingerprint density at radius 3 is 2.77 bits per heavy atom. The SMILES string of the molecule is CNC1CCCN(C(=O)C2(c3cccc(Br)c3)CCCC2)C1. The lowest BCUT2D eigenvalue weighted by molar-refractivity contribution is -0.138. The minimum atomic E-state index is -0.292. The molecule has 1 saturated heterocycles. The average molecular weight is 365 g/mol. The number of hydrogen-bond donors (Lipinski definition) is 1. The fourth-order valence-corrected chi connectivity index (χ4v) is 4.49. The Hall–Kier alpha value is -0.870. The summed E-state index contributed by atoms with van der Waals surface area (Å²) >= 11 is 3.56. The lowest BCUT2D eigenvalue weighted by Gasteiger charge is -2.39. The number of nitrogens with one attached hydrogen (secondary N) is 1. The zero-order chi connectivity index (χ0) is 15.6. The zero-order valence-corrected chi connectivity index (χ0v) is 14.9. The first-order chi connectivity index (χ1) is 10.7. The molecule has 1 aliphatic heterocycles. The van der Waals surface area contributed by atoms with Gasteiger partial charge in [-0.05, 0) is 50.4 Å². The second-order valence-electron chi connectivity index (χ2n) is 6.68. The Morgan fingerprint density at radius 1 is 1.32 bits per heavy atom. The van der Waals surface area contributed by atoms with E-state index < -0.39 is 0 Å². The van der Waals surface area contributed by atoms with Crippen molar-refractivity contribution in [3.05, 3.63) is 34.3 Å². The van der Waals surface area contributed by atoms with Crippen LogP contribution in [0.4, 0.5) is 0 Å². The van der Waals surface area contributed by atoms with Gasteiger partial charge in [0.2, 0.25) is 5.91 Å². The predicted octanol–water partition coefficient (Wildman–Crippen LogP) is 3.47. The highest BCUT2D eigenvalue weighted by molar-refractivity contribution is 9.10. The second kappa shape index (κ2) is 6.71. The summed E-state index contributed by atoms with van der Waals surface area (Å²) in [6.45, 7) is 1.76. The molecular weight excluding hydrogens is 340 g/mol. The number of hydrogen-bond acceptors (Lipinski definition) is 2. The van der Waals surface area contributed by atoms with E-state index >= 15 is 0 Å². The first-order valence-electron chi connectivity index (χ1n) is 8.38. The molecule has 1 N–H and O–H groups in total. The standard InChI is InChI=1S/C18H25BrN2O/c1-20-16-8-5-11-21(13-16)17(22)18(9-2-3-10-18)14-6-4-7-15(19)12-14/h4,6-7,12,16,20H,2-3,5,8-11,13H2,1H3. The third-order valence-electron chi connectivity index (χ3n) is 5.36. The van der Waals surface area contributed by atoms with E-state index in [1.807, 2.05) is 13.1 Å². The van der Waals surface area contributed by atoms with E-state index in [1.54, 1.807) is 0 Å². The molecule has 0 radical (unpaired) electrons. The van der Waals surface area contributed by atoms with Crippen LogP contribution >= 0.6 is 15.9 Å². The van der Waals surface area contributed by atoms with Crippen LogP contribution in [0.15, 0.2) is 28.7 Å². The molecule has 0 spiro atoms. The van der Waals surface area contributed by atoms with Crippen molar-refractivity contribution in [2.45, 2.75) is 50.0 Å². The van der Waals surface area contributed by atoms with Crippen molar-refractivity contribution in [3.63, 3.8) is 0 Å². The summed E-state index contributed by atoms with van der Waals surface area (Å²) in [4.78, 5) is 15.5. The third-order valence-corrected chi connectivity index (χ3v) is 5.85. The second-order valence-corrected chi connectivity index (χ2v) is 7.59. The maximum atomic E-state index is 13.4. The van der Waals surface area contributed by atoms with Crippen LogP contribution in [0, 0.1) is 0 Å². The number of benzene rings is 1. The highest BCUT2D eigenvalue weighted by Crippen LogP contribution is 2.43. The largest absolute Gasteiger partial charge is 0.340 e. The number of amides is 1. The number of likely N-dealkylation sites (tertiary alicyclic amines) is 1. The summed E-state index contributed by atoms with van der Waals surface area (Å²) in [5.74, 6) is 0.350. The molecule has 1 unspecified atom stereocenters. The minimum Gasteiger partial charge on any atom is -0.340 e. The summed E-state index contributed by atoms with van der Waals surface area (Å²) in [5, 5.41) is 3.34. The van der Waals surface area contributed by atoms with Gasteiger partial charge in [0.05, 0.1) is 5.41 Å². The number of likely N-dealkylation sites (N-methyl/N-ethyl adjacent to an activating group) is 1. The molecule has 0 bridgehead atoms. The van der Waals surface area contributed by atoms with Crippen LogP contribution < -0.4 is 5.32 Å². The normalized spacial score (nSPS) is 24.5. The quantitative estimate of drug-likeness (QED) is 0.890. The number of halogens is 1. The van der Waals surface area contributed by atoms with Crippen molar-refractivity contribution in [2.24, 2.45) is 0 Å². The molecular formula is C18H25BrN2O. The number of carbonyl (C=O) groups excluding carboxylic acids is 1. The Labute approximate surface area is 141 Å². The van der Waals surface area contributed by atoms with Crippen LogP contribution in [0.2, 0.25) is 0 Å². The molecule has 3 nitrogen and oxygen atoms in total. The van der Waals surface area contributed by atoms with E-state index in [0.29, 0.717) is 11.9 Å². The van der Waals surface area contributed by atoms with Gasteiger partial charge in [0.15, 0.2) is 0 Å². The lowest BCUT2D eigenvalue weighted by atomic mass is 9.77. The number of piperidine rings is 1. The van der Waals surface area contributed by atoms with E-state index in [2.05, 4.69) is 44.3 Å². The van der Waals surface area contributed by atoms with Crippen molar-refractivity contribution < 1.29 is 4.79 Å². The van der Waals surface area contributed by atoms with E-state index in [0.717, 1.165) is 49.7 Å². The molecule has 1 aliphatic carbocycles. The first-order valence-corrected chi connectivity index (χ1v) is 9.18. The molecule has 1 aromatic carbocycles. The highest BCUT2D eigenvalue weighted by atomic mass is 79.9. The summed E-state index contributed by atoms with van der Waals surface area (Å²) in [6.07, 6.45) is 6.56. The van der Waals surface area contributed by atoms with Gasteiger partial charge in [0, 0.05) is 23.6 Å². The summed E-state index contributed by atoms with van der Waals surface area (Å²) in [6, 6.07) is 8.81. The summed E-state index contributed by atoms with van der Waals surface area (Å²) in [5.41, 5.74) is 0.898. The van der Waals surface area contributed by atoms with Crippen LogP contribution in [-0.2, 0) is 10.2 Å². The predicted molar refractivity (Wildman–Crippen MR) is 92.9 cm³/mol. The molecule has 2 fully saturated rings. The van der Waals surface area contributed by atoms with Gasteiger partial charge in [-0.15, -0.1) is 0 Å². The fourth-order valence-electron chi connectivity index (χ4n) is 4.09. The number of rotatable bonds is 3. The zero-order valence-electron chi connectivity index (χ0n) is 13.3. The van der Waals surface area contributed by atoms with Crippen LogP contribution in [0.3, 0.4) is 0 Å². The maximum Gasteiger partial charge on any atom is 0.233 e. The molecule has 22 heavy (non-hydrogen) atoms. The van der Waals surface area contributed by atoms with Gasteiger partial charge in [-0.2, -0.15) is 0 Å². The molecule has 4 heteroatoms. The van der Waals surface area contributed by atoms with E-state index in [1.165, 1.54) is 12.0 Å². The third kappa shape index (κ3) is 2.95. The highest BCUT2D eigenvalue weighted by Gasteiger charge is 2.45. The van der Waals surface area contributed by atoms with Gasteiger partial charge in [-0.25, -0.2) is 0 Å². The molecule has 1 aromatic rings. The van der Waals surface area contributed by atoms with Gasteiger partial charge in [-0.3, -0.25) is 4.79 Å². The Bertz CT molecular complexity index is 540. The van der Waals surface area contributed by atoms with E-state index in [9.17, 15) is 4.79 Å². The molecule has 1 saturated carbocycles. The summed E-state index contributed by atoms with van der Waals surface area (Å²) in [7, 11) is 2.00. The monoisotopic (exact) mass is 364 g/mol. The van der Waals surface area contributed by atoms with Crippen LogP contribution in [-0.4, -0.2) is 37.0 Å². The fraction of sp³-hybridized carbons (Fsp3) is 0.611. The number of carbonyl (C=O) groups is 1. The first kappa shape index (κ1) is 16.0. The van der Waals surface area contributed by atoms with Crippen LogP contribution in [0.5, 0.6) is 0 Å². The van der Waals surface area contributed by atoms with E-state index in [4.69, 9.17) is 0 Å². The van der Waals surface area contributed by atoms with Crippen molar-refractivity contribution in [3.8, 4) is 0 Å². The Kier molecular flexibility index (Phi) is 4.88. The van der Waals surface area contributed by atoms with E-state index in [-0.39, 0.29) is 5.41 Å². The Morgan fingerprint density at radius 2 is 2.09 bits per heavy atom. The molecule has 1 heterocycles. The topological polar surface area (TPSA) is 32.3 Å². The molecule has 120 valence electrons. The summed E-state index contributed by atoms with van der Waals surface area (Å²) < 4.78 is 1.07. The molecule has 3 rings (SSSR count). The molecule has 0 aromatic heterocycles. The number of nitrogens with zero attached hydrogens (tertiary/aromatic N) is 1. The van der Waals surface area contributed by atoms with Crippen molar-refractivity contribution >= 4 is 21.8 Å². The van der Waals surface area contributed by atoms with Gasteiger partial charge in [0.25, 0.3) is 0 Å². The minimum absolute atomic E-state index is 0.292. The average Bonchev–Trinajstić information content (AvgIpc) is 3.05. The van der Waals surface area contributed by atoms with Crippen molar-refractivity contribution in [2.75, 3.05) is 20.1 Å². The van der Waals surface area contributed by atoms with Crippen molar-refractivity contribution in [1.29, 1.82) is 0 Å². The van der Waals surface area contributed by atoms with Gasteiger partial charge >= 0.3 is 0 Å². The molecule has 1 atom stereocenters. The maximum absolute atomic E-state index is 13.4. The van der Waals surface area contributed by atoms with Crippen LogP contribution in [0.25, 0.3) is 0 Å². The van der Waals surface area contributed by atoms with Gasteiger partial charge in [-0.1, -0.05) is 40.9 Å². The van der Waals surface area contributed by atoms with Crippen LogP contribution in [0.1, 0.15) is 44.1 Å².